The quantitative estimate of drug-likeness (QED) is 0.730. The van der Waals surface area contributed by atoms with E-state index in [4.69, 9.17) is 0 Å². The Balaban J connectivity index is 1.70. The number of likely N-dealkylation sites (N-methyl/N-ethyl adjacent to an activating group) is 1. The Hall–Kier alpha value is -2.03. The maximum atomic E-state index is 12.4. The van der Waals surface area contributed by atoms with E-state index >= 15 is 0 Å². The molecular formula is C16H18N4O2S2. The van der Waals surface area contributed by atoms with Crippen LogP contribution in [0.4, 0.5) is 5.82 Å². The molecule has 3 aromatic rings. The minimum Gasteiger partial charge on any atom is -0.368 e. The van der Waals surface area contributed by atoms with Gasteiger partial charge in [0.15, 0.2) is 0 Å². The molecule has 0 atom stereocenters. The number of aryl methyl sites for hydroxylation is 1. The van der Waals surface area contributed by atoms with E-state index in [2.05, 4.69) is 15.3 Å². The highest BCUT2D eigenvalue weighted by Gasteiger charge is 2.21. The Kier molecular flexibility index (Phi) is 4.79. The van der Waals surface area contributed by atoms with Crippen molar-refractivity contribution in [3.8, 4) is 0 Å². The minimum absolute atomic E-state index is 0.345. The number of benzene rings is 1. The lowest BCUT2D eigenvalue weighted by atomic mass is 10.1. The van der Waals surface area contributed by atoms with Gasteiger partial charge in [-0.3, -0.25) is 0 Å². The Labute approximate surface area is 145 Å². The van der Waals surface area contributed by atoms with Crippen molar-refractivity contribution in [2.24, 2.45) is 0 Å². The molecule has 0 aliphatic rings. The lowest BCUT2D eigenvalue weighted by Gasteiger charge is -2.17. The minimum atomic E-state index is -3.42. The molecule has 3 rings (SSSR count). The van der Waals surface area contributed by atoms with Crippen molar-refractivity contribution < 1.29 is 8.42 Å². The maximum absolute atomic E-state index is 12.4. The molecule has 1 N–H and O–H groups in total. The summed E-state index contributed by atoms with van der Waals surface area (Å²) in [4.78, 5) is 8.57. The van der Waals surface area contributed by atoms with Gasteiger partial charge in [0.2, 0.25) is 0 Å². The number of para-hydroxylation sites is 1. The summed E-state index contributed by atoms with van der Waals surface area (Å²) in [5.41, 5.74) is 1.98. The molecule has 8 heteroatoms. The summed E-state index contributed by atoms with van der Waals surface area (Å²) >= 11 is 1.22. The number of fused-ring (bicyclic) bond motifs is 1. The van der Waals surface area contributed by atoms with Gasteiger partial charge in [0.05, 0.1) is 5.52 Å². The van der Waals surface area contributed by atoms with Crippen LogP contribution < -0.4 is 5.32 Å². The molecule has 0 bridgehead atoms. The van der Waals surface area contributed by atoms with Crippen LogP contribution in [0, 0.1) is 6.92 Å². The predicted molar refractivity (Wildman–Crippen MR) is 96.9 cm³/mol. The van der Waals surface area contributed by atoms with Gasteiger partial charge in [0.25, 0.3) is 10.0 Å². The third-order valence-corrected chi connectivity index (χ3v) is 6.98. The van der Waals surface area contributed by atoms with Gasteiger partial charge in [0, 0.05) is 25.5 Å². The number of hydrogen-bond donors (Lipinski definition) is 1. The standard InChI is InChI=1S/C16H18N4O2S2/c1-12-5-3-6-13-15(12)18-11-19-16(13)17-8-9-20(2)24(21,22)14-7-4-10-23-14/h3-7,10-11H,8-9H2,1-2H3,(H,17,18,19). The summed E-state index contributed by atoms with van der Waals surface area (Å²) in [6.45, 7) is 2.80. The molecule has 6 nitrogen and oxygen atoms in total. The molecule has 24 heavy (non-hydrogen) atoms. The van der Waals surface area contributed by atoms with Gasteiger partial charge in [-0.15, -0.1) is 11.3 Å². The van der Waals surface area contributed by atoms with Crippen molar-refractivity contribution in [1.29, 1.82) is 0 Å². The molecule has 1 aromatic carbocycles. The van der Waals surface area contributed by atoms with Gasteiger partial charge >= 0.3 is 0 Å². The topological polar surface area (TPSA) is 75.2 Å². The summed E-state index contributed by atoms with van der Waals surface area (Å²) in [6.07, 6.45) is 1.52. The molecular weight excluding hydrogens is 344 g/mol. The van der Waals surface area contributed by atoms with E-state index in [0.29, 0.717) is 23.1 Å². The summed E-state index contributed by atoms with van der Waals surface area (Å²) in [5, 5.41) is 5.90. The SMILES string of the molecule is Cc1cccc2c(NCCN(C)S(=O)(=O)c3cccs3)ncnc12. The van der Waals surface area contributed by atoms with Crippen molar-refractivity contribution in [2.45, 2.75) is 11.1 Å². The highest BCUT2D eigenvalue weighted by molar-refractivity contribution is 7.91. The van der Waals surface area contributed by atoms with Crippen LogP contribution in [0.3, 0.4) is 0 Å². The normalized spacial score (nSPS) is 12.0. The van der Waals surface area contributed by atoms with Crippen molar-refractivity contribution >= 4 is 38.1 Å². The number of nitrogens with one attached hydrogen (secondary N) is 1. The molecule has 0 fully saturated rings. The molecule has 0 saturated heterocycles. The largest absolute Gasteiger partial charge is 0.368 e. The van der Waals surface area contributed by atoms with Gasteiger partial charge in [0.1, 0.15) is 16.4 Å². The fourth-order valence-corrected chi connectivity index (χ4v) is 4.76. The van der Waals surface area contributed by atoms with E-state index in [1.54, 1.807) is 24.6 Å². The average molecular weight is 362 g/mol. The molecule has 126 valence electrons. The number of sulfonamides is 1. The predicted octanol–water partition coefficient (Wildman–Crippen LogP) is 2.73. The van der Waals surface area contributed by atoms with E-state index in [-0.39, 0.29) is 0 Å². The smallest absolute Gasteiger partial charge is 0.252 e. The zero-order valence-corrected chi connectivity index (χ0v) is 15.1. The fourth-order valence-electron chi connectivity index (χ4n) is 2.39. The van der Waals surface area contributed by atoms with Crippen molar-refractivity contribution in [3.63, 3.8) is 0 Å². The molecule has 0 saturated carbocycles. The van der Waals surface area contributed by atoms with Gasteiger partial charge in [-0.1, -0.05) is 18.2 Å². The van der Waals surface area contributed by atoms with Crippen molar-refractivity contribution in [1.82, 2.24) is 14.3 Å². The fraction of sp³-hybridized carbons (Fsp3) is 0.250. The molecule has 0 aliphatic carbocycles. The number of anilines is 1. The van der Waals surface area contributed by atoms with Gasteiger partial charge in [-0.05, 0) is 30.0 Å². The second kappa shape index (κ2) is 6.84. The molecule has 0 radical (unpaired) electrons. The van der Waals surface area contributed by atoms with Gasteiger partial charge < -0.3 is 5.32 Å². The van der Waals surface area contributed by atoms with E-state index < -0.39 is 10.0 Å². The van der Waals surface area contributed by atoms with E-state index in [0.717, 1.165) is 16.5 Å². The Bertz CT molecular complexity index is 940. The van der Waals surface area contributed by atoms with Crippen LogP contribution >= 0.6 is 11.3 Å². The summed E-state index contributed by atoms with van der Waals surface area (Å²) in [5.74, 6) is 0.714. The number of thiophene rings is 1. The van der Waals surface area contributed by atoms with Crippen LogP contribution in [0.2, 0.25) is 0 Å². The van der Waals surface area contributed by atoms with Crippen LogP contribution in [0.15, 0.2) is 46.2 Å². The van der Waals surface area contributed by atoms with Crippen LogP contribution in [-0.4, -0.2) is 42.8 Å². The van der Waals surface area contributed by atoms with Crippen LogP contribution in [0.5, 0.6) is 0 Å². The zero-order chi connectivity index (χ0) is 17.2. The zero-order valence-electron chi connectivity index (χ0n) is 13.4. The number of rotatable bonds is 6. The van der Waals surface area contributed by atoms with Crippen molar-refractivity contribution in [2.75, 3.05) is 25.5 Å². The number of nitrogens with zero attached hydrogens (tertiary/aromatic N) is 3. The molecule has 0 unspecified atom stereocenters. The van der Waals surface area contributed by atoms with Crippen LogP contribution in [-0.2, 0) is 10.0 Å². The highest BCUT2D eigenvalue weighted by Crippen LogP contribution is 2.22. The first-order chi connectivity index (χ1) is 11.5. The summed E-state index contributed by atoms with van der Waals surface area (Å²) in [7, 11) is -1.84. The van der Waals surface area contributed by atoms with Gasteiger partial charge in [-0.25, -0.2) is 18.4 Å². The molecule has 0 amide bonds. The highest BCUT2D eigenvalue weighted by atomic mass is 32.2. The number of hydrogen-bond acceptors (Lipinski definition) is 6. The Morgan fingerprint density at radius 1 is 1.21 bits per heavy atom. The second-order valence-electron chi connectivity index (χ2n) is 5.38. The lowest BCUT2D eigenvalue weighted by Crippen LogP contribution is -2.31. The Morgan fingerprint density at radius 3 is 2.79 bits per heavy atom. The monoisotopic (exact) mass is 362 g/mol. The third kappa shape index (κ3) is 3.26. The maximum Gasteiger partial charge on any atom is 0.252 e. The average Bonchev–Trinajstić information content (AvgIpc) is 3.11. The third-order valence-electron chi connectivity index (χ3n) is 3.75. The lowest BCUT2D eigenvalue weighted by molar-refractivity contribution is 0.482. The van der Waals surface area contributed by atoms with E-state index in [9.17, 15) is 8.42 Å². The van der Waals surface area contributed by atoms with Crippen LogP contribution in [0.25, 0.3) is 10.9 Å². The first-order valence-corrected chi connectivity index (χ1v) is 9.76. The van der Waals surface area contributed by atoms with Gasteiger partial charge in [-0.2, -0.15) is 4.31 Å². The summed E-state index contributed by atoms with van der Waals surface area (Å²) < 4.78 is 26.5. The molecule has 2 aromatic heterocycles. The van der Waals surface area contributed by atoms with Crippen LogP contribution in [0.1, 0.15) is 5.56 Å². The second-order valence-corrected chi connectivity index (χ2v) is 8.60. The first kappa shape index (κ1) is 16.8. The first-order valence-electron chi connectivity index (χ1n) is 7.44. The summed E-state index contributed by atoms with van der Waals surface area (Å²) in [6, 6.07) is 9.26. The number of aromatic nitrogens is 2. The van der Waals surface area contributed by atoms with E-state index in [1.807, 2.05) is 25.1 Å². The molecule has 0 aliphatic heterocycles. The van der Waals surface area contributed by atoms with E-state index in [1.165, 1.54) is 22.0 Å². The Morgan fingerprint density at radius 2 is 2.04 bits per heavy atom. The van der Waals surface area contributed by atoms with Crippen molar-refractivity contribution in [3.05, 3.63) is 47.6 Å². The molecule has 0 spiro atoms. The molecule has 2 heterocycles.